The maximum atomic E-state index is 9.75. The summed E-state index contributed by atoms with van der Waals surface area (Å²) in [6, 6.07) is 10.4. The maximum absolute atomic E-state index is 9.75. The molecule has 0 saturated heterocycles. The molecular weight excluding hydrogens is 312 g/mol. The number of ether oxygens (including phenoxy) is 2. The van der Waals surface area contributed by atoms with Gasteiger partial charge < -0.3 is 9.47 Å². The van der Waals surface area contributed by atoms with Gasteiger partial charge in [0.15, 0.2) is 5.41 Å². The van der Waals surface area contributed by atoms with Gasteiger partial charge in [-0.2, -0.15) is 10.5 Å². The molecule has 2 atom stereocenters. The molecule has 0 amide bonds. The van der Waals surface area contributed by atoms with Crippen LogP contribution in [0.3, 0.4) is 0 Å². The Morgan fingerprint density at radius 1 is 1.16 bits per heavy atom. The summed E-state index contributed by atoms with van der Waals surface area (Å²) in [7, 11) is 3.31. The first-order chi connectivity index (χ1) is 12.2. The first kappa shape index (κ1) is 17.1. The molecule has 4 heteroatoms. The van der Waals surface area contributed by atoms with Gasteiger partial charge in [-0.05, 0) is 49.0 Å². The largest absolute Gasteiger partial charge is 0.497 e. The molecule has 0 radical (unpaired) electrons. The highest BCUT2D eigenvalue weighted by Crippen LogP contribution is 2.50. The molecule has 0 N–H and O–H groups in total. The number of hydrogen-bond acceptors (Lipinski definition) is 4. The van der Waals surface area contributed by atoms with Crippen molar-refractivity contribution in [2.45, 2.75) is 31.6 Å². The molecule has 1 unspecified atom stereocenters. The third-order valence-electron chi connectivity index (χ3n) is 5.35. The molecule has 25 heavy (non-hydrogen) atoms. The molecule has 2 aliphatic carbocycles. The van der Waals surface area contributed by atoms with E-state index < -0.39 is 5.41 Å². The molecular formula is C21H22N2O2. The molecule has 0 saturated carbocycles. The predicted molar refractivity (Wildman–Crippen MR) is 95.1 cm³/mol. The second-order valence-corrected chi connectivity index (χ2v) is 6.59. The lowest BCUT2D eigenvalue weighted by atomic mass is 9.67. The lowest BCUT2D eigenvalue weighted by molar-refractivity contribution is 0.379. The first-order valence-electron chi connectivity index (χ1n) is 8.60. The summed E-state index contributed by atoms with van der Waals surface area (Å²) < 4.78 is 11.0. The number of hydrogen-bond donors (Lipinski definition) is 0. The third-order valence-corrected chi connectivity index (χ3v) is 5.35. The Morgan fingerprint density at radius 3 is 2.64 bits per heavy atom. The van der Waals surface area contributed by atoms with Gasteiger partial charge in [0.25, 0.3) is 0 Å². The van der Waals surface area contributed by atoms with Crippen LogP contribution >= 0.6 is 0 Å². The second kappa shape index (κ2) is 7.03. The topological polar surface area (TPSA) is 66.0 Å². The van der Waals surface area contributed by atoms with Crippen molar-refractivity contribution < 1.29 is 9.47 Å². The average Bonchev–Trinajstić information content (AvgIpc) is 2.84. The van der Waals surface area contributed by atoms with Crippen LogP contribution in [0.25, 0.3) is 0 Å². The highest BCUT2D eigenvalue weighted by Gasteiger charge is 2.43. The molecule has 0 bridgehead atoms. The minimum absolute atomic E-state index is 0.0696. The highest BCUT2D eigenvalue weighted by molar-refractivity contribution is 5.48. The Kier molecular flexibility index (Phi) is 4.81. The van der Waals surface area contributed by atoms with Crippen molar-refractivity contribution in [2.24, 2.45) is 11.3 Å². The van der Waals surface area contributed by atoms with E-state index in [1.807, 2.05) is 24.3 Å². The number of benzene rings is 1. The van der Waals surface area contributed by atoms with E-state index in [0.717, 1.165) is 41.9 Å². The molecule has 1 aromatic carbocycles. The normalized spacial score (nSPS) is 24.1. The van der Waals surface area contributed by atoms with E-state index in [0.29, 0.717) is 6.42 Å². The van der Waals surface area contributed by atoms with Crippen LogP contribution < -0.4 is 9.47 Å². The van der Waals surface area contributed by atoms with Crippen molar-refractivity contribution in [1.82, 2.24) is 0 Å². The first-order valence-corrected chi connectivity index (χ1v) is 8.60. The monoisotopic (exact) mass is 334 g/mol. The van der Waals surface area contributed by atoms with Crippen molar-refractivity contribution in [3.8, 4) is 23.6 Å². The maximum Gasteiger partial charge on any atom is 0.168 e. The Hall–Kier alpha value is -2.72. The van der Waals surface area contributed by atoms with E-state index in [1.165, 1.54) is 0 Å². The van der Waals surface area contributed by atoms with Crippen LogP contribution in [0.15, 0.2) is 42.0 Å². The lowest BCUT2D eigenvalue weighted by Gasteiger charge is -2.34. The van der Waals surface area contributed by atoms with E-state index in [1.54, 1.807) is 14.2 Å². The molecule has 0 aromatic heterocycles. The zero-order valence-corrected chi connectivity index (χ0v) is 14.7. The zero-order valence-electron chi connectivity index (χ0n) is 14.7. The van der Waals surface area contributed by atoms with E-state index in [4.69, 9.17) is 9.47 Å². The van der Waals surface area contributed by atoms with Gasteiger partial charge in [0.2, 0.25) is 0 Å². The number of allylic oxidation sites excluding steroid dienone is 4. The minimum Gasteiger partial charge on any atom is -0.497 e. The van der Waals surface area contributed by atoms with Crippen LogP contribution in [0.5, 0.6) is 11.5 Å². The molecule has 0 fully saturated rings. The number of fused-ring (bicyclic) bond motifs is 1. The van der Waals surface area contributed by atoms with Gasteiger partial charge in [-0.3, -0.25) is 0 Å². The summed E-state index contributed by atoms with van der Waals surface area (Å²) in [6.07, 6.45) is 9.63. The number of rotatable bonds is 3. The minimum atomic E-state index is -1.05. The van der Waals surface area contributed by atoms with E-state index in [9.17, 15) is 10.5 Å². The van der Waals surface area contributed by atoms with Gasteiger partial charge in [0, 0.05) is 17.9 Å². The number of nitriles is 2. The van der Waals surface area contributed by atoms with Crippen molar-refractivity contribution in [3.63, 3.8) is 0 Å². The highest BCUT2D eigenvalue weighted by atomic mass is 16.5. The summed E-state index contributed by atoms with van der Waals surface area (Å²) in [5.74, 6) is 1.79. The van der Waals surface area contributed by atoms with Gasteiger partial charge >= 0.3 is 0 Å². The van der Waals surface area contributed by atoms with Crippen molar-refractivity contribution in [1.29, 1.82) is 10.5 Å². The van der Waals surface area contributed by atoms with Gasteiger partial charge in [-0.25, -0.2) is 0 Å². The van der Waals surface area contributed by atoms with Crippen LogP contribution in [0, 0.1) is 34.0 Å². The fraction of sp³-hybridized carbons (Fsp3) is 0.429. The summed E-state index contributed by atoms with van der Waals surface area (Å²) in [4.78, 5) is 0. The molecule has 0 heterocycles. The Bertz CT molecular complexity index is 781. The Labute approximate surface area is 149 Å². The third kappa shape index (κ3) is 2.89. The smallest absolute Gasteiger partial charge is 0.168 e. The quantitative estimate of drug-likeness (QED) is 0.763. The van der Waals surface area contributed by atoms with Crippen molar-refractivity contribution in [3.05, 3.63) is 47.6 Å². The van der Waals surface area contributed by atoms with Gasteiger partial charge in [-0.15, -0.1) is 0 Å². The Morgan fingerprint density at radius 2 is 1.96 bits per heavy atom. The van der Waals surface area contributed by atoms with E-state index in [2.05, 4.69) is 24.3 Å². The molecule has 3 rings (SSSR count). The summed E-state index contributed by atoms with van der Waals surface area (Å²) in [5, 5.41) is 19.5. The fourth-order valence-electron chi connectivity index (χ4n) is 4.08. The molecule has 0 spiro atoms. The molecule has 4 nitrogen and oxygen atoms in total. The summed E-state index contributed by atoms with van der Waals surface area (Å²) >= 11 is 0. The van der Waals surface area contributed by atoms with Crippen LogP contribution in [0.4, 0.5) is 0 Å². The molecule has 2 aliphatic rings. The van der Waals surface area contributed by atoms with Gasteiger partial charge in [-0.1, -0.05) is 18.2 Å². The standard InChI is InChI=1S/C21H22N2O2/c1-24-15-9-10-20(25-2)18(12-15)16-7-5-11-21(13-22,14-23)19-8-4-3-6-17(16)19/h5,7-10,12,16-17H,3-4,6,11H2,1-2H3/t16?,17-/m0/s1. The van der Waals surface area contributed by atoms with Crippen LogP contribution in [0.2, 0.25) is 0 Å². The van der Waals surface area contributed by atoms with E-state index >= 15 is 0 Å². The molecule has 0 aliphatic heterocycles. The summed E-state index contributed by atoms with van der Waals surface area (Å²) in [6.45, 7) is 0. The fourth-order valence-corrected chi connectivity index (χ4v) is 4.08. The zero-order chi connectivity index (χ0) is 17.9. The molecule has 128 valence electrons. The van der Waals surface area contributed by atoms with Crippen molar-refractivity contribution in [2.75, 3.05) is 14.2 Å². The van der Waals surface area contributed by atoms with Crippen LogP contribution in [-0.4, -0.2) is 14.2 Å². The predicted octanol–water partition coefficient (Wildman–Crippen LogP) is 4.51. The second-order valence-electron chi connectivity index (χ2n) is 6.59. The van der Waals surface area contributed by atoms with Gasteiger partial charge in [0.1, 0.15) is 11.5 Å². The SMILES string of the molecule is COc1ccc(OC)c(C2C=CCC(C#N)(C#N)C3=CCCC[C@H]32)c1. The lowest BCUT2D eigenvalue weighted by Crippen LogP contribution is -2.27. The van der Waals surface area contributed by atoms with Gasteiger partial charge in [0.05, 0.1) is 26.4 Å². The number of nitrogens with zero attached hydrogens (tertiary/aromatic N) is 2. The van der Waals surface area contributed by atoms with E-state index in [-0.39, 0.29) is 11.8 Å². The van der Waals surface area contributed by atoms with Crippen LogP contribution in [-0.2, 0) is 0 Å². The summed E-state index contributed by atoms with van der Waals surface area (Å²) in [5.41, 5.74) is 0.966. The molecule has 1 aromatic rings. The van der Waals surface area contributed by atoms with Crippen molar-refractivity contribution >= 4 is 0 Å². The number of methoxy groups -OCH3 is 2. The average molecular weight is 334 g/mol. The Balaban J connectivity index is 2.13. The van der Waals surface area contributed by atoms with Crippen LogP contribution in [0.1, 0.15) is 37.2 Å².